The second-order valence-electron chi connectivity index (χ2n) is 4.19. The summed E-state index contributed by atoms with van der Waals surface area (Å²) in [6.45, 7) is 0. The van der Waals surface area contributed by atoms with Gasteiger partial charge in [0.05, 0.1) is 17.7 Å². The summed E-state index contributed by atoms with van der Waals surface area (Å²) in [5.74, 6) is -3.45. The summed E-state index contributed by atoms with van der Waals surface area (Å²) < 4.78 is 31.2. The van der Waals surface area contributed by atoms with E-state index in [1.807, 2.05) is 0 Å². The van der Waals surface area contributed by atoms with E-state index < -0.39 is 36.3 Å². The maximum atomic E-state index is 12.8. The predicted octanol–water partition coefficient (Wildman–Crippen LogP) is 2.26. The Bertz CT molecular complexity index is 548. The molecule has 1 fully saturated rings. The SMILES string of the molecule is COC(=O)c1cn(C2CC(F)(F)C2)c(=O)cc1Cl. The molecular formula is C11H10ClF2NO3. The monoisotopic (exact) mass is 277 g/mol. The van der Waals surface area contributed by atoms with Crippen molar-refractivity contribution in [2.24, 2.45) is 0 Å². The molecule has 1 aromatic rings. The first-order valence-corrected chi connectivity index (χ1v) is 5.60. The first-order chi connectivity index (χ1) is 8.34. The van der Waals surface area contributed by atoms with Crippen LogP contribution < -0.4 is 5.56 Å². The molecule has 4 nitrogen and oxygen atoms in total. The minimum absolute atomic E-state index is 0.00557. The van der Waals surface area contributed by atoms with Gasteiger partial charge in [-0.05, 0) is 0 Å². The van der Waals surface area contributed by atoms with Crippen molar-refractivity contribution in [2.45, 2.75) is 24.8 Å². The Morgan fingerprint density at radius 1 is 1.56 bits per heavy atom. The lowest BCUT2D eigenvalue weighted by Crippen LogP contribution is -2.41. The molecule has 98 valence electrons. The van der Waals surface area contributed by atoms with Crippen LogP contribution in [0.2, 0.25) is 5.02 Å². The van der Waals surface area contributed by atoms with Crippen molar-refractivity contribution in [3.05, 3.63) is 33.2 Å². The van der Waals surface area contributed by atoms with Gasteiger partial charge in [0.2, 0.25) is 0 Å². The molecular weight excluding hydrogens is 268 g/mol. The van der Waals surface area contributed by atoms with E-state index in [0.717, 1.165) is 10.6 Å². The Balaban J connectivity index is 2.37. The van der Waals surface area contributed by atoms with Crippen LogP contribution in [0.1, 0.15) is 29.2 Å². The van der Waals surface area contributed by atoms with Gasteiger partial charge in [-0.15, -0.1) is 0 Å². The number of aromatic nitrogens is 1. The zero-order valence-electron chi connectivity index (χ0n) is 9.45. The molecule has 1 aromatic heterocycles. The fraction of sp³-hybridized carbons (Fsp3) is 0.455. The summed E-state index contributed by atoms with van der Waals surface area (Å²) in [7, 11) is 1.17. The highest BCUT2D eigenvalue weighted by Gasteiger charge is 2.46. The van der Waals surface area contributed by atoms with E-state index in [2.05, 4.69) is 4.74 Å². The number of nitrogens with zero attached hydrogens (tertiary/aromatic N) is 1. The Morgan fingerprint density at radius 2 is 2.17 bits per heavy atom. The second-order valence-corrected chi connectivity index (χ2v) is 4.60. The Hall–Kier alpha value is -1.43. The number of alkyl halides is 2. The molecule has 0 aliphatic heterocycles. The maximum absolute atomic E-state index is 12.8. The van der Waals surface area contributed by atoms with Crippen molar-refractivity contribution in [2.75, 3.05) is 7.11 Å². The van der Waals surface area contributed by atoms with Crippen molar-refractivity contribution in [3.63, 3.8) is 0 Å². The highest BCUT2D eigenvalue weighted by Crippen LogP contribution is 2.44. The third kappa shape index (κ3) is 2.25. The van der Waals surface area contributed by atoms with Crippen LogP contribution in [0.15, 0.2) is 17.1 Å². The van der Waals surface area contributed by atoms with Gasteiger partial charge < -0.3 is 9.30 Å². The smallest absolute Gasteiger partial charge is 0.340 e. The van der Waals surface area contributed by atoms with Crippen LogP contribution >= 0.6 is 11.6 Å². The highest BCUT2D eigenvalue weighted by atomic mass is 35.5. The van der Waals surface area contributed by atoms with Gasteiger partial charge in [-0.3, -0.25) is 4.79 Å². The summed E-state index contributed by atoms with van der Waals surface area (Å²) in [6, 6.07) is 0.428. The number of rotatable bonds is 2. The zero-order valence-corrected chi connectivity index (χ0v) is 10.2. The maximum Gasteiger partial charge on any atom is 0.340 e. The number of carbonyl (C=O) groups excluding carboxylic acids is 1. The summed E-state index contributed by atoms with van der Waals surface area (Å²) >= 11 is 5.73. The van der Waals surface area contributed by atoms with Crippen LogP contribution in [0.3, 0.4) is 0 Å². The van der Waals surface area contributed by atoms with E-state index in [0.29, 0.717) is 0 Å². The van der Waals surface area contributed by atoms with Crippen LogP contribution in [-0.4, -0.2) is 23.6 Å². The number of pyridine rings is 1. The number of hydrogen-bond donors (Lipinski definition) is 0. The average molecular weight is 278 g/mol. The standard InChI is InChI=1S/C11H10ClF2NO3/c1-18-10(17)7-5-15(9(16)2-8(7)12)6-3-11(13,14)4-6/h2,5-6H,3-4H2,1H3. The van der Waals surface area contributed by atoms with E-state index in [9.17, 15) is 18.4 Å². The lowest BCUT2D eigenvalue weighted by molar-refractivity contribution is -0.104. The lowest BCUT2D eigenvalue weighted by atomic mass is 9.88. The van der Waals surface area contributed by atoms with E-state index in [-0.39, 0.29) is 10.6 Å². The van der Waals surface area contributed by atoms with Gasteiger partial charge in [0, 0.05) is 31.1 Å². The Morgan fingerprint density at radius 3 is 2.67 bits per heavy atom. The largest absolute Gasteiger partial charge is 0.465 e. The third-order valence-corrected chi connectivity index (χ3v) is 3.21. The molecule has 1 heterocycles. The molecule has 1 aliphatic carbocycles. The normalized spacial score (nSPS) is 18.2. The second kappa shape index (κ2) is 4.35. The first kappa shape index (κ1) is 13.0. The van der Waals surface area contributed by atoms with Crippen LogP contribution in [0, 0.1) is 0 Å². The number of halogens is 3. The lowest BCUT2D eigenvalue weighted by Gasteiger charge is -2.36. The van der Waals surface area contributed by atoms with Crippen molar-refractivity contribution in [1.29, 1.82) is 0 Å². The van der Waals surface area contributed by atoms with Gasteiger partial charge in [-0.2, -0.15) is 0 Å². The molecule has 0 radical (unpaired) electrons. The molecule has 0 unspecified atom stereocenters. The van der Waals surface area contributed by atoms with Crippen molar-refractivity contribution in [1.82, 2.24) is 4.57 Å². The van der Waals surface area contributed by atoms with Crippen LogP contribution in [0.25, 0.3) is 0 Å². The van der Waals surface area contributed by atoms with E-state index in [1.165, 1.54) is 13.3 Å². The van der Waals surface area contributed by atoms with Crippen molar-refractivity contribution in [3.8, 4) is 0 Å². The summed E-state index contributed by atoms with van der Waals surface area (Å²) in [5, 5.41) is -0.0471. The number of ether oxygens (including phenoxy) is 1. The molecule has 0 amide bonds. The summed E-state index contributed by atoms with van der Waals surface area (Å²) in [4.78, 5) is 23.0. The van der Waals surface area contributed by atoms with Gasteiger partial charge in [-0.1, -0.05) is 11.6 Å². The van der Waals surface area contributed by atoms with Crippen LogP contribution in [-0.2, 0) is 4.74 Å². The minimum Gasteiger partial charge on any atom is -0.465 e. The molecule has 7 heteroatoms. The molecule has 0 aromatic carbocycles. The fourth-order valence-electron chi connectivity index (χ4n) is 1.90. The fourth-order valence-corrected chi connectivity index (χ4v) is 2.12. The molecule has 2 rings (SSSR count). The minimum atomic E-state index is -2.74. The van der Waals surface area contributed by atoms with E-state index in [4.69, 9.17) is 11.6 Å². The molecule has 0 saturated heterocycles. The molecule has 0 atom stereocenters. The molecule has 18 heavy (non-hydrogen) atoms. The van der Waals surface area contributed by atoms with Crippen molar-refractivity contribution >= 4 is 17.6 Å². The molecule has 1 saturated carbocycles. The first-order valence-electron chi connectivity index (χ1n) is 5.22. The summed E-state index contributed by atoms with van der Waals surface area (Å²) in [5.41, 5.74) is -0.512. The number of esters is 1. The average Bonchev–Trinajstić information content (AvgIpc) is 2.25. The predicted molar refractivity (Wildman–Crippen MR) is 60.3 cm³/mol. The quantitative estimate of drug-likeness (QED) is 0.779. The van der Waals surface area contributed by atoms with Gasteiger partial charge in [-0.25, -0.2) is 13.6 Å². The number of methoxy groups -OCH3 is 1. The third-order valence-electron chi connectivity index (χ3n) is 2.90. The van der Waals surface area contributed by atoms with Gasteiger partial charge >= 0.3 is 5.97 Å². The topological polar surface area (TPSA) is 48.3 Å². The molecule has 0 N–H and O–H groups in total. The van der Waals surface area contributed by atoms with E-state index >= 15 is 0 Å². The zero-order chi connectivity index (χ0) is 13.5. The number of hydrogen-bond acceptors (Lipinski definition) is 3. The Kier molecular flexibility index (Phi) is 3.14. The van der Waals surface area contributed by atoms with Crippen LogP contribution in [0.5, 0.6) is 0 Å². The molecule has 0 bridgehead atoms. The summed E-state index contributed by atoms with van der Waals surface area (Å²) in [6.07, 6.45) is 0.362. The van der Waals surface area contributed by atoms with E-state index in [1.54, 1.807) is 0 Å². The van der Waals surface area contributed by atoms with Gasteiger partial charge in [0.1, 0.15) is 0 Å². The highest BCUT2D eigenvalue weighted by molar-refractivity contribution is 6.33. The van der Waals surface area contributed by atoms with Crippen molar-refractivity contribution < 1.29 is 18.3 Å². The van der Waals surface area contributed by atoms with Gasteiger partial charge in [0.25, 0.3) is 11.5 Å². The molecule has 1 aliphatic rings. The molecule has 0 spiro atoms. The Labute approximate surface area is 106 Å². The van der Waals surface area contributed by atoms with Crippen LogP contribution in [0.4, 0.5) is 8.78 Å². The van der Waals surface area contributed by atoms with Gasteiger partial charge in [0.15, 0.2) is 0 Å². The number of carbonyl (C=O) groups is 1.